The molecular weight excluding hydrogens is 280 g/mol. The minimum atomic E-state index is -3.48. The van der Waals surface area contributed by atoms with E-state index in [0.29, 0.717) is 4.90 Å². The Morgan fingerprint density at radius 3 is 2.63 bits per heavy atom. The van der Waals surface area contributed by atoms with Gasteiger partial charge in [0.05, 0.1) is 4.90 Å². The average Bonchev–Trinajstić information content (AvgIpc) is 2.70. The van der Waals surface area contributed by atoms with Gasteiger partial charge in [-0.05, 0) is 38.5 Å². The Kier molecular flexibility index (Phi) is 4.03. The van der Waals surface area contributed by atoms with Crippen LogP contribution in [0.4, 0.5) is 0 Å². The zero-order valence-corrected chi connectivity index (χ0v) is 12.7. The van der Waals surface area contributed by atoms with Gasteiger partial charge in [0, 0.05) is 28.2 Å². The molecule has 4 nitrogen and oxygen atoms in total. The predicted molar refractivity (Wildman–Crippen MR) is 76.8 cm³/mol. The summed E-state index contributed by atoms with van der Waals surface area (Å²) in [4.78, 5) is 6.17. The smallest absolute Gasteiger partial charge is 0.242 e. The summed E-state index contributed by atoms with van der Waals surface area (Å²) in [5.74, 6) is 0. The maximum absolute atomic E-state index is 12.3. The molecule has 2 heterocycles. The highest BCUT2D eigenvalue weighted by molar-refractivity contribution is 7.89. The molecule has 102 valence electrons. The van der Waals surface area contributed by atoms with Gasteiger partial charge in [-0.25, -0.2) is 13.1 Å². The van der Waals surface area contributed by atoms with E-state index in [0.717, 1.165) is 15.3 Å². The summed E-state index contributed by atoms with van der Waals surface area (Å²) in [6, 6.07) is 5.04. The van der Waals surface area contributed by atoms with Crippen LogP contribution in [0.25, 0.3) is 0 Å². The van der Waals surface area contributed by atoms with Gasteiger partial charge >= 0.3 is 0 Å². The molecule has 0 aliphatic rings. The van der Waals surface area contributed by atoms with E-state index < -0.39 is 10.0 Å². The van der Waals surface area contributed by atoms with Crippen LogP contribution in [0, 0.1) is 13.8 Å². The molecule has 0 aliphatic carbocycles. The van der Waals surface area contributed by atoms with Crippen molar-refractivity contribution in [3.05, 3.63) is 45.9 Å². The number of thiophene rings is 1. The Balaban J connectivity index is 2.25. The number of aromatic nitrogens is 1. The first-order valence-electron chi connectivity index (χ1n) is 5.89. The highest BCUT2D eigenvalue weighted by atomic mass is 32.2. The monoisotopic (exact) mass is 296 g/mol. The Labute approximate surface area is 117 Å². The molecule has 0 aliphatic heterocycles. The number of nitrogens with one attached hydrogen (secondary N) is 1. The molecule has 2 rings (SSSR count). The Hall–Kier alpha value is -1.24. The SMILES string of the molecule is Cc1cc(S(=O)(=O)N[C@@H](C)c2cccnc2)c(C)s1. The zero-order chi connectivity index (χ0) is 14.0. The van der Waals surface area contributed by atoms with Crippen molar-refractivity contribution in [2.45, 2.75) is 31.7 Å². The molecule has 0 spiro atoms. The van der Waals surface area contributed by atoms with E-state index in [1.165, 1.54) is 11.3 Å². The summed E-state index contributed by atoms with van der Waals surface area (Å²) < 4.78 is 27.3. The zero-order valence-electron chi connectivity index (χ0n) is 11.0. The molecular formula is C13H16N2O2S2. The Bertz CT molecular complexity index is 663. The summed E-state index contributed by atoms with van der Waals surface area (Å²) in [6.45, 7) is 5.53. The van der Waals surface area contributed by atoms with Crippen molar-refractivity contribution in [1.82, 2.24) is 9.71 Å². The highest BCUT2D eigenvalue weighted by Gasteiger charge is 2.21. The third-order valence-electron chi connectivity index (χ3n) is 2.80. The lowest BCUT2D eigenvalue weighted by atomic mass is 10.2. The lowest BCUT2D eigenvalue weighted by Gasteiger charge is -2.14. The summed E-state index contributed by atoms with van der Waals surface area (Å²) >= 11 is 1.49. The molecule has 0 unspecified atom stereocenters. The first kappa shape index (κ1) is 14.2. The molecule has 1 N–H and O–H groups in total. The normalized spacial score (nSPS) is 13.4. The first-order valence-corrected chi connectivity index (χ1v) is 8.19. The number of aryl methyl sites for hydroxylation is 2. The van der Waals surface area contributed by atoms with Crippen molar-refractivity contribution in [1.29, 1.82) is 0 Å². The molecule has 2 aromatic rings. The fourth-order valence-electron chi connectivity index (χ4n) is 1.87. The summed E-state index contributed by atoms with van der Waals surface area (Å²) in [7, 11) is -3.48. The largest absolute Gasteiger partial charge is 0.264 e. The quantitative estimate of drug-likeness (QED) is 0.944. The van der Waals surface area contributed by atoms with E-state index in [1.54, 1.807) is 24.5 Å². The van der Waals surface area contributed by atoms with Crippen LogP contribution in [-0.4, -0.2) is 13.4 Å². The number of hydrogen-bond acceptors (Lipinski definition) is 4. The van der Waals surface area contributed by atoms with Crippen LogP contribution in [0.2, 0.25) is 0 Å². The fourth-order valence-corrected chi connectivity index (χ4v) is 4.66. The standard InChI is InChI=1S/C13H16N2O2S2/c1-9-7-13(11(3)18-9)19(16,17)15-10(2)12-5-4-6-14-8-12/h4-8,10,15H,1-3H3/t10-/m0/s1. The molecule has 0 saturated heterocycles. The topological polar surface area (TPSA) is 59.1 Å². The van der Waals surface area contributed by atoms with Gasteiger partial charge in [0.15, 0.2) is 0 Å². The highest BCUT2D eigenvalue weighted by Crippen LogP contribution is 2.26. The van der Waals surface area contributed by atoms with Gasteiger partial charge in [-0.2, -0.15) is 0 Å². The lowest BCUT2D eigenvalue weighted by molar-refractivity contribution is 0.566. The van der Waals surface area contributed by atoms with Crippen LogP contribution in [-0.2, 0) is 10.0 Å². The van der Waals surface area contributed by atoms with Crippen LogP contribution < -0.4 is 4.72 Å². The van der Waals surface area contributed by atoms with Crippen molar-refractivity contribution in [3.63, 3.8) is 0 Å². The summed E-state index contributed by atoms with van der Waals surface area (Å²) in [6.07, 6.45) is 3.33. The molecule has 0 amide bonds. The number of rotatable bonds is 4. The Morgan fingerprint density at radius 1 is 1.37 bits per heavy atom. The third-order valence-corrected chi connectivity index (χ3v) is 5.56. The van der Waals surface area contributed by atoms with Gasteiger partial charge in [-0.15, -0.1) is 11.3 Å². The van der Waals surface area contributed by atoms with E-state index >= 15 is 0 Å². The second kappa shape index (κ2) is 5.40. The minimum Gasteiger partial charge on any atom is -0.264 e. The van der Waals surface area contributed by atoms with Gasteiger partial charge in [-0.1, -0.05) is 6.07 Å². The third kappa shape index (κ3) is 3.20. The minimum absolute atomic E-state index is 0.307. The second-order valence-electron chi connectivity index (χ2n) is 4.41. The predicted octanol–water partition coefficient (Wildman–Crippen LogP) is 2.80. The molecule has 19 heavy (non-hydrogen) atoms. The van der Waals surface area contributed by atoms with Gasteiger partial charge < -0.3 is 0 Å². The molecule has 6 heteroatoms. The molecule has 0 saturated carbocycles. The van der Waals surface area contributed by atoms with Crippen LogP contribution in [0.15, 0.2) is 35.5 Å². The maximum Gasteiger partial charge on any atom is 0.242 e. The summed E-state index contributed by atoms with van der Waals surface area (Å²) in [5.41, 5.74) is 0.843. The van der Waals surface area contributed by atoms with Crippen LogP contribution in [0.5, 0.6) is 0 Å². The van der Waals surface area contributed by atoms with Crippen molar-refractivity contribution >= 4 is 21.4 Å². The Morgan fingerprint density at radius 2 is 2.11 bits per heavy atom. The second-order valence-corrected chi connectivity index (χ2v) is 7.55. The van der Waals surface area contributed by atoms with E-state index in [9.17, 15) is 8.42 Å². The average molecular weight is 296 g/mol. The van der Waals surface area contributed by atoms with E-state index in [2.05, 4.69) is 9.71 Å². The number of hydrogen-bond donors (Lipinski definition) is 1. The molecule has 0 fully saturated rings. The number of pyridine rings is 1. The summed E-state index contributed by atoms with van der Waals surface area (Å²) in [5, 5.41) is 0. The van der Waals surface area contributed by atoms with E-state index in [-0.39, 0.29) is 6.04 Å². The number of nitrogens with zero attached hydrogens (tertiary/aromatic N) is 1. The molecule has 0 radical (unpaired) electrons. The van der Waals surface area contributed by atoms with E-state index in [4.69, 9.17) is 0 Å². The van der Waals surface area contributed by atoms with Crippen molar-refractivity contribution in [2.24, 2.45) is 0 Å². The van der Waals surface area contributed by atoms with Crippen LogP contribution in [0.1, 0.15) is 28.3 Å². The van der Waals surface area contributed by atoms with Crippen molar-refractivity contribution in [2.75, 3.05) is 0 Å². The van der Waals surface area contributed by atoms with Gasteiger partial charge in [0.2, 0.25) is 10.0 Å². The van der Waals surface area contributed by atoms with Crippen LogP contribution >= 0.6 is 11.3 Å². The number of sulfonamides is 1. The molecule has 0 aromatic carbocycles. The van der Waals surface area contributed by atoms with Gasteiger partial charge in [0.1, 0.15) is 0 Å². The maximum atomic E-state index is 12.3. The van der Waals surface area contributed by atoms with E-state index in [1.807, 2.05) is 26.8 Å². The molecule has 0 bridgehead atoms. The van der Waals surface area contributed by atoms with Gasteiger partial charge in [0.25, 0.3) is 0 Å². The molecule has 2 aromatic heterocycles. The first-order chi connectivity index (χ1) is 8.90. The lowest BCUT2D eigenvalue weighted by Crippen LogP contribution is -2.27. The molecule has 1 atom stereocenters. The van der Waals surface area contributed by atoms with Crippen LogP contribution in [0.3, 0.4) is 0 Å². The van der Waals surface area contributed by atoms with Crippen molar-refractivity contribution in [3.8, 4) is 0 Å². The van der Waals surface area contributed by atoms with Crippen molar-refractivity contribution < 1.29 is 8.42 Å². The fraction of sp³-hybridized carbons (Fsp3) is 0.308. The van der Waals surface area contributed by atoms with Gasteiger partial charge in [-0.3, -0.25) is 4.98 Å².